The van der Waals surface area contributed by atoms with Crippen molar-refractivity contribution in [2.24, 2.45) is 0 Å². The summed E-state index contributed by atoms with van der Waals surface area (Å²) in [5.41, 5.74) is 0. The molecule has 0 aliphatic carbocycles. The minimum atomic E-state index is 1.09. The van der Waals surface area contributed by atoms with E-state index in [9.17, 15) is 0 Å². The van der Waals surface area contributed by atoms with E-state index < -0.39 is 0 Å². The van der Waals surface area contributed by atoms with E-state index in [4.69, 9.17) is 0 Å². The zero-order valence-corrected chi connectivity index (χ0v) is 10.6. The Morgan fingerprint density at radius 2 is 2.00 bits per heavy atom. The normalized spacial score (nSPS) is 10.2. The average molecular weight is 310 g/mol. The van der Waals surface area contributed by atoms with Crippen molar-refractivity contribution in [3.8, 4) is 0 Å². The van der Waals surface area contributed by atoms with Crippen molar-refractivity contribution >= 4 is 43.6 Å². The molecule has 0 bridgehead atoms. The molecule has 0 aliphatic rings. The summed E-state index contributed by atoms with van der Waals surface area (Å²) in [5.74, 6) is 1.17. The Hall–Kier alpha value is 0.530. The number of halogens is 2. The third-order valence-corrected chi connectivity index (χ3v) is 4.05. The third-order valence-electron chi connectivity index (χ3n) is 1.37. The Labute approximate surface area is 94.4 Å². The molecule has 0 saturated carbocycles. The maximum Gasteiger partial charge on any atom is 0.0311 e. The second-order valence-electron chi connectivity index (χ2n) is 2.32. The second kappa shape index (κ2) is 6.06. The maximum absolute atomic E-state index is 3.52. The van der Waals surface area contributed by atoms with Gasteiger partial charge in [-0.2, -0.15) is 0 Å². The number of benzene rings is 1. The molecule has 0 heterocycles. The lowest BCUT2D eigenvalue weighted by Crippen LogP contribution is -1.81. The molecular weight excluding hydrogens is 300 g/mol. The number of hydrogen-bond donors (Lipinski definition) is 0. The molecule has 0 nitrogen and oxygen atoms in total. The van der Waals surface area contributed by atoms with Gasteiger partial charge in [0.1, 0.15) is 0 Å². The molecule has 0 aromatic heterocycles. The van der Waals surface area contributed by atoms with Gasteiger partial charge in [0.05, 0.1) is 0 Å². The first-order valence-corrected chi connectivity index (χ1v) is 6.68. The highest BCUT2D eigenvalue weighted by atomic mass is 79.9. The van der Waals surface area contributed by atoms with E-state index in [1.807, 2.05) is 17.8 Å². The number of alkyl halides is 1. The predicted molar refractivity (Wildman–Crippen MR) is 63.3 cm³/mol. The van der Waals surface area contributed by atoms with E-state index in [1.54, 1.807) is 0 Å². The summed E-state index contributed by atoms with van der Waals surface area (Å²) in [6.07, 6.45) is 1.21. The van der Waals surface area contributed by atoms with Crippen LogP contribution >= 0.6 is 43.6 Å². The van der Waals surface area contributed by atoms with Crippen LogP contribution in [0.4, 0.5) is 0 Å². The zero-order chi connectivity index (χ0) is 8.81. The average Bonchev–Trinajstić information content (AvgIpc) is 2.09. The van der Waals surface area contributed by atoms with Gasteiger partial charge in [0.2, 0.25) is 0 Å². The highest BCUT2D eigenvalue weighted by Gasteiger charge is 1.97. The molecule has 1 aromatic carbocycles. The van der Waals surface area contributed by atoms with Crippen LogP contribution in [0.1, 0.15) is 6.42 Å². The first-order chi connectivity index (χ1) is 5.84. The van der Waals surface area contributed by atoms with Crippen LogP contribution in [-0.4, -0.2) is 11.1 Å². The summed E-state index contributed by atoms with van der Waals surface area (Å²) in [5, 5.41) is 1.09. The van der Waals surface area contributed by atoms with Gasteiger partial charge in [0.15, 0.2) is 0 Å². The summed E-state index contributed by atoms with van der Waals surface area (Å²) in [6.45, 7) is 0. The molecule has 0 unspecified atom stereocenters. The largest absolute Gasteiger partial charge is 0.125 e. The molecule has 1 aromatic rings. The van der Waals surface area contributed by atoms with Gasteiger partial charge in [-0.1, -0.05) is 28.1 Å². The first-order valence-electron chi connectivity index (χ1n) is 3.78. The number of hydrogen-bond acceptors (Lipinski definition) is 1. The smallest absolute Gasteiger partial charge is 0.0311 e. The van der Waals surface area contributed by atoms with Crippen LogP contribution in [0.3, 0.4) is 0 Å². The summed E-state index contributed by atoms with van der Waals surface area (Å²) >= 11 is 8.83. The molecular formula is C9H10Br2S. The van der Waals surface area contributed by atoms with Crippen LogP contribution in [0, 0.1) is 0 Å². The molecule has 66 valence electrons. The summed E-state index contributed by atoms with van der Waals surface area (Å²) < 4.78 is 1.20. The highest BCUT2D eigenvalue weighted by molar-refractivity contribution is 9.10. The van der Waals surface area contributed by atoms with E-state index in [2.05, 4.69) is 50.1 Å². The maximum atomic E-state index is 3.52. The van der Waals surface area contributed by atoms with Gasteiger partial charge < -0.3 is 0 Å². The summed E-state index contributed by atoms with van der Waals surface area (Å²) in [7, 11) is 0. The monoisotopic (exact) mass is 308 g/mol. The molecule has 0 atom stereocenters. The fraction of sp³-hybridized carbons (Fsp3) is 0.333. The summed E-state index contributed by atoms with van der Waals surface area (Å²) in [4.78, 5) is 1.33. The van der Waals surface area contributed by atoms with Gasteiger partial charge in [-0.25, -0.2) is 0 Å². The molecule has 1 rings (SSSR count). The number of thioether (sulfide) groups is 1. The van der Waals surface area contributed by atoms with Crippen molar-refractivity contribution in [1.82, 2.24) is 0 Å². The quantitative estimate of drug-likeness (QED) is 0.453. The van der Waals surface area contributed by atoms with Crippen molar-refractivity contribution in [2.45, 2.75) is 11.3 Å². The molecule has 0 N–H and O–H groups in total. The lowest BCUT2D eigenvalue weighted by atomic mass is 10.4. The van der Waals surface area contributed by atoms with Crippen LogP contribution in [0.2, 0.25) is 0 Å². The predicted octanol–water partition coefficient (Wildman–Crippen LogP) is 4.33. The minimum Gasteiger partial charge on any atom is -0.125 e. The Kier molecular flexibility index (Phi) is 5.35. The standard InChI is InChI=1S/C9H10Br2S/c10-6-3-7-12-9-5-2-1-4-8(9)11/h1-2,4-5H,3,6-7H2. The van der Waals surface area contributed by atoms with Crippen LogP contribution in [-0.2, 0) is 0 Å². The Morgan fingerprint density at radius 3 is 2.67 bits per heavy atom. The van der Waals surface area contributed by atoms with Gasteiger partial charge in [0.25, 0.3) is 0 Å². The Morgan fingerprint density at radius 1 is 1.25 bits per heavy atom. The Bertz CT molecular complexity index is 238. The van der Waals surface area contributed by atoms with Crippen molar-refractivity contribution in [1.29, 1.82) is 0 Å². The van der Waals surface area contributed by atoms with Crippen LogP contribution in [0.15, 0.2) is 33.6 Å². The highest BCUT2D eigenvalue weighted by Crippen LogP contribution is 2.27. The second-order valence-corrected chi connectivity index (χ2v) is 5.11. The molecule has 3 heteroatoms. The fourth-order valence-corrected chi connectivity index (χ4v) is 2.97. The minimum absolute atomic E-state index is 1.09. The van der Waals surface area contributed by atoms with Gasteiger partial charge in [-0.3, -0.25) is 0 Å². The van der Waals surface area contributed by atoms with Gasteiger partial charge >= 0.3 is 0 Å². The van der Waals surface area contributed by atoms with Crippen molar-refractivity contribution < 1.29 is 0 Å². The molecule has 0 radical (unpaired) electrons. The fourth-order valence-electron chi connectivity index (χ4n) is 0.798. The molecule has 0 amide bonds. The van der Waals surface area contributed by atoms with Gasteiger partial charge in [-0.05, 0) is 40.2 Å². The molecule has 0 spiro atoms. The summed E-state index contributed by atoms with van der Waals surface area (Å²) in [6, 6.07) is 8.33. The molecule has 12 heavy (non-hydrogen) atoms. The number of rotatable bonds is 4. The lowest BCUT2D eigenvalue weighted by molar-refractivity contribution is 1.13. The topological polar surface area (TPSA) is 0 Å². The van der Waals surface area contributed by atoms with E-state index in [-0.39, 0.29) is 0 Å². The van der Waals surface area contributed by atoms with Crippen LogP contribution in [0.25, 0.3) is 0 Å². The van der Waals surface area contributed by atoms with Gasteiger partial charge in [0, 0.05) is 14.7 Å². The molecule has 0 saturated heterocycles. The SMILES string of the molecule is BrCCCSc1ccccc1Br. The molecule has 0 fully saturated rings. The third kappa shape index (κ3) is 3.50. The van der Waals surface area contributed by atoms with Crippen LogP contribution in [0.5, 0.6) is 0 Å². The van der Waals surface area contributed by atoms with E-state index in [0.717, 1.165) is 5.33 Å². The van der Waals surface area contributed by atoms with Gasteiger partial charge in [-0.15, -0.1) is 11.8 Å². The van der Waals surface area contributed by atoms with E-state index in [0.29, 0.717) is 0 Å². The molecule has 0 aliphatic heterocycles. The van der Waals surface area contributed by atoms with E-state index in [1.165, 1.54) is 21.5 Å². The lowest BCUT2D eigenvalue weighted by Gasteiger charge is -2.01. The van der Waals surface area contributed by atoms with Crippen LogP contribution < -0.4 is 0 Å². The van der Waals surface area contributed by atoms with Crippen molar-refractivity contribution in [3.05, 3.63) is 28.7 Å². The Balaban J connectivity index is 2.46. The first kappa shape index (κ1) is 10.6. The van der Waals surface area contributed by atoms with Crippen molar-refractivity contribution in [2.75, 3.05) is 11.1 Å². The van der Waals surface area contributed by atoms with Crippen molar-refractivity contribution in [3.63, 3.8) is 0 Å². The van der Waals surface area contributed by atoms with E-state index >= 15 is 0 Å². The zero-order valence-electron chi connectivity index (χ0n) is 6.59.